The first kappa shape index (κ1) is 20.5. The summed E-state index contributed by atoms with van der Waals surface area (Å²) in [5.41, 5.74) is 0.484. The Balaban J connectivity index is 1.91. The van der Waals surface area contributed by atoms with Crippen LogP contribution >= 0.6 is 0 Å². The molecular formula is C19H23F2N3O3S. The Morgan fingerprint density at radius 3 is 2.36 bits per heavy atom. The molecule has 0 aliphatic carbocycles. The van der Waals surface area contributed by atoms with E-state index in [4.69, 9.17) is 0 Å². The van der Waals surface area contributed by atoms with Gasteiger partial charge in [-0.2, -0.15) is 4.31 Å². The number of rotatable bonds is 4. The van der Waals surface area contributed by atoms with E-state index in [9.17, 15) is 22.0 Å². The number of halogens is 2. The van der Waals surface area contributed by atoms with Gasteiger partial charge in [0.15, 0.2) is 0 Å². The molecule has 0 unspecified atom stereocenters. The van der Waals surface area contributed by atoms with E-state index < -0.39 is 27.6 Å². The molecule has 152 valence electrons. The number of anilines is 1. The fourth-order valence-corrected chi connectivity index (χ4v) is 5.46. The summed E-state index contributed by atoms with van der Waals surface area (Å²) in [4.78, 5) is 15.5. The summed E-state index contributed by atoms with van der Waals surface area (Å²) in [7, 11) is -3.75. The number of benzene rings is 1. The molecule has 6 nitrogen and oxygen atoms in total. The van der Waals surface area contributed by atoms with Crippen LogP contribution in [0.25, 0.3) is 0 Å². The second-order valence-electron chi connectivity index (χ2n) is 6.98. The van der Waals surface area contributed by atoms with Crippen LogP contribution in [0.15, 0.2) is 23.1 Å². The number of hydrogen-bond donors (Lipinski definition) is 2. The minimum absolute atomic E-state index is 0.0367. The van der Waals surface area contributed by atoms with Crippen LogP contribution in [0, 0.1) is 25.5 Å². The lowest BCUT2D eigenvalue weighted by Gasteiger charge is -2.20. The van der Waals surface area contributed by atoms with Crippen LogP contribution in [-0.4, -0.2) is 36.7 Å². The van der Waals surface area contributed by atoms with E-state index in [1.165, 1.54) is 4.31 Å². The number of carbonyl (C=O) groups is 1. The molecule has 0 spiro atoms. The van der Waals surface area contributed by atoms with Gasteiger partial charge in [-0.25, -0.2) is 17.2 Å². The van der Waals surface area contributed by atoms with Gasteiger partial charge in [0.2, 0.25) is 10.0 Å². The van der Waals surface area contributed by atoms with E-state index in [0.717, 1.165) is 37.8 Å². The maximum atomic E-state index is 13.8. The highest BCUT2D eigenvalue weighted by Gasteiger charge is 2.32. The van der Waals surface area contributed by atoms with Crippen LogP contribution in [-0.2, 0) is 10.0 Å². The lowest BCUT2D eigenvalue weighted by atomic mass is 10.2. The highest BCUT2D eigenvalue weighted by Crippen LogP contribution is 2.29. The van der Waals surface area contributed by atoms with Crippen LogP contribution < -0.4 is 5.32 Å². The monoisotopic (exact) mass is 411 g/mol. The average molecular weight is 411 g/mol. The fraction of sp³-hybridized carbons (Fsp3) is 0.421. The molecule has 0 atom stereocenters. The molecule has 2 N–H and O–H groups in total. The van der Waals surface area contributed by atoms with Gasteiger partial charge in [0.25, 0.3) is 5.91 Å². The first-order valence-corrected chi connectivity index (χ1v) is 10.6. The molecule has 2 heterocycles. The molecule has 0 radical (unpaired) electrons. The summed E-state index contributed by atoms with van der Waals surface area (Å²) >= 11 is 0. The predicted molar refractivity (Wildman–Crippen MR) is 102 cm³/mol. The number of aromatic nitrogens is 1. The summed E-state index contributed by atoms with van der Waals surface area (Å²) in [5, 5.41) is 2.36. The number of H-pyrrole nitrogens is 1. The summed E-state index contributed by atoms with van der Waals surface area (Å²) in [6, 6.07) is 2.81. The van der Waals surface area contributed by atoms with Gasteiger partial charge >= 0.3 is 0 Å². The van der Waals surface area contributed by atoms with Crippen molar-refractivity contribution in [3.63, 3.8) is 0 Å². The number of aryl methyl sites for hydroxylation is 1. The highest BCUT2D eigenvalue weighted by molar-refractivity contribution is 7.89. The van der Waals surface area contributed by atoms with Crippen molar-refractivity contribution in [1.29, 1.82) is 0 Å². The molecule has 1 fully saturated rings. The molecule has 1 saturated heterocycles. The normalized spacial score (nSPS) is 16.0. The minimum Gasteiger partial charge on any atom is -0.353 e. The molecule has 3 rings (SSSR count). The third-order valence-corrected chi connectivity index (χ3v) is 7.11. The van der Waals surface area contributed by atoms with Gasteiger partial charge in [-0.3, -0.25) is 4.79 Å². The maximum absolute atomic E-state index is 13.8. The van der Waals surface area contributed by atoms with Gasteiger partial charge in [0.1, 0.15) is 22.2 Å². The number of sulfonamides is 1. The van der Waals surface area contributed by atoms with Gasteiger partial charge in [0, 0.05) is 24.8 Å². The van der Waals surface area contributed by atoms with E-state index >= 15 is 0 Å². The summed E-state index contributed by atoms with van der Waals surface area (Å²) in [5.74, 6) is -2.36. The van der Waals surface area contributed by atoms with Gasteiger partial charge in [-0.15, -0.1) is 0 Å². The number of aromatic amines is 1. The van der Waals surface area contributed by atoms with E-state index in [-0.39, 0.29) is 21.8 Å². The molecule has 1 aliphatic rings. The van der Waals surface area contributed by atoms with Gasteiger partial charge in [-0.1, -0.05) is 12.8 Å². The molecule has 9 heteroatoms. The summed E-state index contributed by atoms with van der Waals surface area (Å²) in [6.45, 7) is 4.04. The van der Waals surface area contributed by atoms with Crippen molar-refractivity contribution in [2.24, 2.45) is 0 Å². The zero-order chi connectivity index (χ0) is 20.5. The van der Waals surface area contributed by atoms with Crippen LogP contribution in [0.2, 0.25) is 0 Å². The van der Waals surface area contributed by atoms with Crippen LogP contribution in [0.3, 0.4) is 0 Å². The molecule has 1 aliphatic heterocycles. The number of hydrogen-bond acceptors (Lipinski definition) is 3. The van der Waals surface area contributed by atoms with Crippen molar-refractivity contribution in [1.82, 2.24) is 9.29 Å². The minimum atomic E-state index is -3.75. The Kier molecular flexibility index (Phi) is 5.85. The number of nitrogens with one attached hydrogen (secondary N) is 2. The lowest BCUT2D eigenvalue weighted by Crippen LogP contribution is -2.32. The van der Waals surface area contributed by atoms with Gasteiger partial charge in [0.05, 0.1) is 5.69 Å². The zero-order valence-corrected chi connectivity index (χ0v) is 16.6. The highest BCUT2D eigenvalue weighted by atomic mass is 32.2. The third kappa shape index (κ3) is 3.95. The standard InChI is InChI=1S/C19H23F2N3O3S/c1-12-17(19(25)23-16-8-7-14(20)11-15(16)21)22-13(2)18(12)28(26,27)24-9-5-3-4-6-10-24/h7-8,11,22H,3-6,9-10H2,1-2H3,(H,23,25). The van der Waals surface area contributed by atoms with Gasteiger partial charge < -0.3 is 10.3 Å². The van der Waals surface area contributed by atoms with E-state index in [1.807, 2.05) is 0 Å². The second-order valence-corrected chi connectivity index (χ2v) is 8.85. The topological polar surface area (TPSA) is 82.3 Å². The van der Waals surface area contributed by atoms with E-state index in [0.29, 0.717) is 24.8 Å². The molecule has 1 amide bonds. The van der Waals surface area contributed by atoms with Crippen molar-refractivity contribution in [3.05, 3.63) is 46.8 Å². The maximum Gasteiger partial charge on any atom is 0.272 e. The Bertz CT molecular complexity index is 994. The number of carbonyl (C=O) groups excluding carboxylic acids is 1. The summed E-state index contributed by atoms with van der Waals surface area (Å²) in [6.07, 6.45) is 3.60. The van der Waals surface area contributed by atoms with Crippen molar-refractivity contribution in [2.45, 2.75) is 44.4 Å². The van der Waals surface area contributed by atoms with Crippen molar-refractivity contribution in [3.8, 4) is 0 Å². The third-order valence-electron chi connectivity index (χ3n) is 4.94. The summed E-state index contributed by atoms with van der Waals surface area (Å²) < 4.78 is 54.6. The number of amides is 1. The van der Waals surface area contributed by atoms with Crippen LogP contribution in [0.1, 0.15) is 47.4 Å². The molecule has 0 bridgehead atoms. The average Bonchev–Trinajstić information content (AvgIpc) is 2.80. The van der Waals surface area contributed by atoms with Crippen molar-refractivity contribution in [2.75, 3.05) is 18.4 Å². The lowest BCUT2D eigenvalue weighted by molar-refractivity contribution is 0.102. The van der Waals surface area contributed by atoms with Gasteiger partial charge in [-0.05, 0) is 44.4 Å². The van der Waals surface area contributed by atoms with E-state index in [1.54, 1.807) is 13.8 Å². The SMILES string of the molecule is Cc1[nH]c(C(=O)Nc2ccc(F)cc2F)c(C)c1S(=O)(=O)N1CCCCCC1. The smallest absolute Gasteiger partial charge is 0.272 e. The Labute approximate surface area is 163 Å². The first-order chi connectivity index (χ1) is 13.2. The fourth-order valence-electron chi connectivity index (χ4n) is 3.53. The van der Waals surface area contributed by atoms with Crippen LogP contribution in [0.4, 0.5) is 14.5 Å². The van der Waals surface area contributed by atoms with Crippen molar-refractivity contribution < 1.29 is 22.0 Å². The quantitative estimate of drug-likeness (QED) is 0.804. The molecule has 1 aromatic carbocycles. The van der Waals surface area contributed by atoms with Crippen LogP contribution in [0.5, 0.6) is 0 Å². The molecule has 28 heavy (non-hydrogen) atoms. The van der Waals surface area contributed by atoms with E-state index in [2.05, 4.69) is 10.3 Å². The Morgan fingerprint density at radius 1 is 1.11 bits per heavy atom. The largest absolute Gasteiger partial charge is 0.353 e. The molecule has 0 saturated carbocycles. The Morgan fingerprint density at radius 2 is 1.75 bits per heavy atom. The zero-order valence-electron chi connectivity index (χ0n) is 15.8. The molecule has 2 aromatic rings. The van der Waals surface area contributed by atoms with Crippen molar-refractivity contribution >= 4 is 21.6 Å². The first-order valence-electron chi connectivity index (χ1n) is 9.17. The predicted octanol–water partition coefficient (Wildman–Crippen LogP) is 3.73. The molecular weight excluding hydrogens is 388 g/mol. The molecule has 1 aromatic heterocycles. The number of nitrogens with zero attached hydrogens (tertiary/aromatic N) is 1. The second kappa shape index (κ2) is 8.00. The Hall–Kier alpha value is -2.26.